The highest BCUT2D eigenvalue weighted by Gasteiger charge is 1.97. The molecule has 0 bridgehead atoms. The van der Waals surface area contributed by atoms with Gasteiger partial charge in [0.2, 0.25) is 0 Å². The van der Waals surface area contributed by atoms with E-state index in [1.54, 1.807) is 0 Å². The highest BCUT2D eigenvalue weighted by atomic mass is 16.7. The number of ether oxygens (including phenoxy) is 13. The second-order valence-corrected chi connectivity index (χ2v) is 7.86. The lowest BCUT2D eigenvalue weighted by Crippen LogP contribution is -2.15. The molecule has 16 heteroatoms. The number of carboxylic acids is 1. The second kappa shape index (κ2) is 37.5. The lowest BCUT2D eigenvalue weighted by Gasteiger charge is -2.09. The number of hydrogen-bond acceptors (Lipinski definition) is 15. The van der Waals surface area contributed by atoms with E-state index in [4.69, 9.17) is 61.9 Å². The maximum Gasteiger partial charge on any atom is 0.329 e. The molecule has 0 aliphatic rings. The lowest BCUT2D eigenvalue weighted by molar-refractivity contribution is -0.143. The van der Waals surface area contributed by atoms with Gasteiger partial charge in [0.1, 0.15) is 6.61 Å². The summed E-state index contributed by atoms with van der Waals surface area (Å²) < 4.78 is 68.0. The van der Waals surface area contributed by atoms with Crippen molar-refractivity contribution in [1.29, 1.82) is 0 Å². The Labute approximate surface area is 247 Å². The lowest BCUT2D eigenvalue weighted by atomic mass is 10.6. The van der Waals surface area contributed by atoms with Crippen molar-refractivity contribution < 1.29 is 76.3 Å². The minimum Gasteiger partial charge on any atom is -0.480 e. The number of aliphatic carboxylic acids is 1. The molecule has 0 aromatic heterocycles. The smallest absolute Gasteiger partial charge is 0.329 e. The first-order valence-corrected chi connectivity index (χ1v) is 14.0. The maximum atomic E-state index is 10.3. The summed E-state index contributed by atoms with van der Waals surface area (Å²) in [6.07, 6.45) is 0. The molecule has 0 spiro atoms. The third-order valence-corrected chi connectivity index (χ3v) is 4.54. The summed E-state index contributed by atoms with van der Waals surface area (Å²) in [7, 11) is 0. The molecule has 1 N–H and O–H groups in total. The Bertz CT molecular complexity index is 542. The van der Waals surface area contributed by atoms with Gasteiger partial charge in [-0.3, -0.25) is 4.79 Å². The van der Waals surface area contributed by atoms with E-state index in [1.807, 2.05) is 0 Å². The Kier molecular flexibility index (Phi) is 36.1. The zero-order chi connectivity index (χ0) is 30.4. The van der Waals surface area contributed by atoms with Crippen LogP contribution in [0.1, 0.15) is 0 Å². The molecular formula is C26H50O16. The second-order valence-electron chi connectivity index (χ2n) is 7.86. The van der Waals surface area contributed by atoms with E-state index in [1.165, 1.54) is 0 Å². The summed E-state index contributed by atoms with van der Waals surface area (Å²) >= 11 is 0. The molecule has 0 fully saturated rings. The molecule has 0 rings (SSSR count). The number of rotatable bonds is 38. The van der Waals surface area contributed by atoms with Crippen LogP contribution in [0.15, 0.2) is 0 Å². The van der Waals surface area contributed by atoms with Crippen LogP contribution in [0.2, 0.25) is 0 Å². The molecule has 0 saturated carbocycles. The summed E-state index contributed by atoms with van der Waals surface area (Å²) in [6, 6.07) is 0. The first-order valence-electron chi connectivity index (χ1n) is 14.0. The zero-order valence-electron chi connectivity index (χ0n) is 24.6. The fourth-order valence-electron chi connectivity index (χ4n) is 2.61. The standard InChI is InChI=1S/C26H50O16/c27-24-42-25-41-22-20-39-18-16-37-14-12-35-10-8-33-6-4-31-2-1-30-3-5-32-7-9-34-11-13-36-15-17-38-19-21-40-23-26(28)29/h24H,1-23,25H2,(H,28,29). The number of carbonyl (C=O) groups is 2. The topological polar surface area (TPSA) is 174 Å². The Hall–Kier alpha value is -1.54. The average Bonchev–Trinajstić information content (AvgIpc) is 2.98. The first kappa shape index (κ1) is 40.5. The SMILES string of the molecule is O=COCOCCOCCOCCOCCOCCOCCOCCOCCOCCOCCOCCOCC(=O)O. The van der Waals surface area contributed by atoms with Crippen LogP contribution in [0.25, 0.3) is 0 Å². The minimum atomic E-state index is -1.000. The van der Waals surface area contributed by atoms with Crippen molar-refractivity contribution in [2.45, 2.75) is 0 Å². The average molecular weight is 619 g/mol. The predicted octanol–water partition coefficient (Wildman–Crippen LogP) is -0.599. The largest absolute Gasteiger partial charge is 0.480 e. The van der Waals surface area contributed by atoms with Gasteiger partial charge in [-0.1, -0.05) is 0 Å². The van der Waals surface area contributed by atoms with Gasteiger partial charge in [-0.2, -0.15) is 0 Å². The third kappa shape index (κ3) is 38.5. The fraction of sp³-hybridized carbons (Fsp3) is 0.923. The maximum absolute atomic E-state index is 10.3. The number of carboxylic acid groups (broad SMARTS) is 1. The molecule has 16 nitrogen and oxygen atoms in total. The van der Waals surface area contributed by atoms with Crippen LogP contribution >= 0.6 is 0 Å². The number of carbonyl (C=O) groups excluding carboxylic acids is 1. The van der Waals surface area contributed by atoms with Crippen LogP contribution in [-0.2, 0) is 71.2 Å². The molecule has 0 amide bonds. The molecule has 0 aliphatic heterocycles. The summed E-state index contributed by atoms with van der Waals surface area (Å²) in [5.41, 5.74) is 0. The van der Waals surface area contributed by atoms with Gasteiger partial charge in [0.15, 0.2) is 6.79 Å². The molecule has 250 valence electrons. The monoisotopic (exact) mass is 618 g/mol. The summed E-state index contributed by atoms with van der Waals surface area (Å²) in [5, 5.41) is 8.41. The molecule has 0 aromatic carbocycles. The quantitative estimate of drug-likeness (QED) is 0.0527. The molecule has 0 heterocycles. The highest BCUT2D eigenvalue weighted by Crippen LogP contribution is 1.87. The summed E-state index contributed by atoms with van der Waals surface area (Å²) in [6.45, 7) is 9.65. The van der Waals surface area contributed by atoms with Crippen LogP contribution in [0.3, 0.4) is 0 Å². The minimum absolute atomic E-state index is 0.0690. The number of hydrogen-bond donors (Lipinski definition) is 1. The molecule has 0 saturated heterocycles. The molecule has 0 atom stereocenters. The molecule has 0 aliphatic carbocycles. The van der Waals surface area contributed by atoms with Crippen LogP contribution in [0, 0.1) is 0 Å². The van der Waals surface area contributed by atoms with Gasteiger partial charge in [0.25, 0.3) is 6.47 Å². The van der Waals surface area contributed by atoms with Crippen molar-refractivity contribution in [3.63, 3.8) is 0 Å². The van der Waals surface area contributed by atoms with Crippen molar-refractivity contribution in [3.8, 4) is 0 Å². The highest BCUT2D eigenvalue weighted by molar-refractivity contribution is 5.67. The first-order chi connectivity index (χ1) is 20.8. The van der Waals surface area contributed by atoms with E-state index in [-0.39, 0.29) is 20.0 Å². The van der Waals surface area contributed by atoms with E-state index in [0.717, 1.165) is 0 Å². The van der Waals surface area contributed by atoms with Crippen molar-refractivity contribution in [2.75, 3.05) is 159 Å². The van der Waals surface area contributed by atoms with E-state index in [0.29, 0.717) is 145 Å². The Balaban J connectivity index is 3.04. The Morgan fingerprint density at radius 1 is 0.381 bits per heavy atom. The summed E-state index contributed by atoms with van der Waals surface area (Å²) in [4.78, 5) is 20.2. The van der Waals surface area contributed by atoms with Crippen molar-refractivity contribution >= 4 is 12.4 Å². The van der Waals surface area contributed by atoms with Crippen LogP contribution in [-0.4, -0.2) is 176 Å². The van der Waals surface area contributed by atoms with Gasteiger partial charge >= 0.3 is 5.97 Å². The van der Waals surface area contributed by atoms with E-state index < -0.39 is 5.97 Å². The van der Waals surface area contributed by atoms with E-state index in [9.17, 15) is 9.59 Å². The van der Waals surface area contributed by atoms with Gasteiger partial charge in [0, 0.05) is 0 Å². The normalized spacial score (nSPS) is 11.2. The fourth-order valence-corrected chi connectivity index (χ4v) is 2.61. The van der Waals surface area contributed by atoms with Gasteiger partial charge in [-0.15, -0.1) is 0 Å². The Morgan fingerprint density at radius 2 is 0.595 bits per heavy atom. The van der Waals surface area contributed by atoms with Gasteiger partial charge < -0.3 is 66.7 Å². The van der Waals surface area contributed by atoms with Crippen molar-refractivity contribution in [3.05, 3.63) is 0 Å². The zero-order valence-corrected chi connectivity index (χ0v) is 24.6. The molecule has 0 radical (unpaired) electrons. The van der Waals surface area contributed by atoms with Crippen LogP contribution in [0.4, 0.5) is 0 Å². The van der Waals surface area contributed by atoms with Crippen LogP contribution in [0.5, 0.6) is 0 Å². The Morgan fingerprint density at radius 3 is 0.810 bits per heavy atom. The van der Waals surface area contributed by atoms with E-state index >= 15 is 0 Å². The molecule has 0 unspecified atom stereocenters. The van der Waals surface area contributed by atoms with Crippen molar-refractivity contribution in [1.82, 2.24) is 0 Å². The summed E-state index contributed by atoms with van der Waals surface area (Å²) in [5.74, 6) is -1.000. The van der Waals surface area contributed by atoms with Gasteiger partial charge in [-0.05, 0) is 0 Å². The molecule has 42 heavy (non-hydrogen) atoms. The molecular weight excluding hydrogens is 568 g/mol. The molecule has 0 aromatic rings. The van der Waals surface area contributed by atoms with E-state index in [2.05, 4.69) is 4.74 Å². The predicted molar refractivity (Wildman–Crippen MR) is 145 cm³/mol. The van der Waals surface area contributed by atoms with Gasteiger partial charge in [0.05, 0.1) is 145 Å². The van der Waals surface area contributed by atoms with Crippen LogP contribution < -0.4 is 0 Å². The third-order valence-electron chi connectivity index (χ3n) is 4.54. The van der Waals surface area contributed by atoms with Gasteiger partial charge in [-0.25, -0.2) is 4.79 Å². The van der Waals surface area contributed by atoms with Crippen molar-refractivity contribution in [2.24, 2.45) is 0 Å².